The molecular formula is C10H15NO2S2. The normalized spacial score (nSPS) is 27.8. The predicted molar refractivity (Wildman–Crippen MR) is 61.7 cm³/mol. The van der Waals surface area contributed by atoms with Crippen LogP contribution in [0.3, 0.4) is 0 Å². The molecule has 0 aromatic carbocycles. The molecule has 0 bridgehead atoms. The average Bonchev–Trinajstić information content (AvgIpc) is 2.71. The lowest BCUT2D eigenvalue weighted by Gasteiger charge is -2.25. The van der Waals surface area contributed by atoms with Crippen LogP contribution in [0.4, 0.5) is 0 Å². The van der Waals surface area contributed by atoms with Gasteiger partial charge in [-0.25, -0.2) is 8.42 Å². The molecule has 0 amide bonds. The second-order valence-electron chi connectivity index (χ2n) is 4.03. The summed E-state index contributed by atoms with van der Waals surface area (Å²) in [5.41, 5.74) is 5.81. The molecule has 2 N–H and O–H groups in total. The number of hydrogen-bond acceptors (Lipinski definition) is 4. The number of rotatable bonds is 2. The smallest absolute Gasteiger partial charge is 0.190 e. The first-order valence-corrected chi connectivity index (χ1v) is 7.56. The molecule has 1 aliphatic carbocycles. The maximum Gasteiger partial charge on any atom is 0.190 e. The van der Waals surface area contributed by atoms with E-state index in [1.54, 1.807) is 17.5 Å². The molecule has 0 radical (unpaired) electrons. The van der Waals surface area contributed by atoms with E-state index >= 15 is 0 Å². The van der Waals surface area contributed by atoms with Gasteiger partial charge >= 0.3 is 0 Å². The molecule has 0 saturated heterocycles. The highest BCUT2D eigenvalue weighted by molar-refractivity contribution is 7.94. The predicted octanol–water partition coefficient (Wildman–Crippen LogP) is 1.79. The van der Waals surface area contributed by atoms with E-state index in [1.807, 2.05) is 0 Å². The lowest BCUT2D eigenvalue weighted by Crippen LogP contribution is -2.35. The minimum absolute atomic E-state index is 0.0542. The van der Waals surface area contributed by atoms with E-state index in [-0.39, 0.29) is 11.3 Å². The topological polar surface area (TPSA) is 60.2 Å². The van der Waals surface area contributed by atoms with Crippen molar-refractivity contribution in [3.63, 3.8) is 0 Å². The summed E-state index contributed by atoms with van der Waals surface area (Å²) < 4.78 is 24.8. The second-order valence-corrected chi connectivity index (χ2v) is 7.43. The van der Waals surface area contributed by atoms with Gasteiger partial charge in [-0.3, -0.25) is 0 Å². The number of thiophene rings is 1. The third kappa shape index (κ3) is 2.24. The Morgan fingerprint density at radius 2 is 2.20 bits per heavy atom. The Morgan fingerprint density at radius 3 is 2.80 bits per heavy atom. The van der Waals surface area contributed by atoms with Gasteiger partial charge in [0.15, 0.2) is 9.84 Å². The van der Waals surface area contributed by atoms with Gasteiger partial charge in [-0.1, -0.05) is 12.5 Å². The second kappa shape index (κ2) is 4.23. The third-order valence-corrected chi connectivity index (χ3v) is 6.53. The van der Waals surface area contributed by atoms with Gasteiger partial charge in [0.05, 0.1) is 5.25 Å². The fraction of sp³-hybridized carbons (Fsp3) is 0.600. The SMILES string of the molecule is NC1CCCC(S(=O)(=O)c2cccs2)C1. The van der Waals surface area contributed by atoms with E-state index in [1.165, 1.54) is 11.3 Å². The van der Waals surface area contributed by atoms with Crippen LogP contribution >= 0.6 is 11.3 Å². The Labute approximate surface area is 94.2 Å². The zero-order valence-electron chi connectivity index (χ0n) is 8.43. The third-order valence-electron chi connectivity index (χ3n) is 2.88. The molecule has 0 spiro atoms. The Hall–Kier alpha value is -0.390. The summed E-state index contributed by atoms with van der Waals surface area (Å²) in [6.45, 7) is 0. The summed E-state index contributed by atoms with van der Waals surface area (Å²) in [4.78, 5) is 0. The molecule has 5 heteroatoms. The summed E-state index contributed by atoms with van der Waals surface area (Å²) in [6, 6.07) is 3.51. The zero-order valence-corrected chi connectivity index (χ0v) is 10.1. The molecule has 3 nitrogen and oxygen atoms in total. The van der Waals surface area contributed by atoms with E-state index in [0.29, 0.717) is 10.6 Å². The van der Waals surface area contributed by atoms with Crippen LogP contribution in [0, 0.1) is 0 Å². The number of sulfone groups is 1. The highest BCUT2D eigenvalue weighted by Crippen LogP contribution is 2.30. The van der Waals surface area contributed by atoms with Gasteiger partial charge in [0.25, 0.3) is 0 Å². The lowest BCUT2D eigenvalue weighted by molar-refractivity contribution is 0.433. The highest BCUT2D eigenvalue weighted by atomic mass is 32.2. The zero-order chi connectivity index (χ0) is 10.9. The number of nitrogens with two attached hydrogens (primary N) is 1. The van der Waals surface area contributed by atoms with Crippen LogP contribution in [0.1, 0.15) is 25.7 Å². The molecule has 84 valence electrons. The van der Waals surface area contributed by atoms with Gasteiger partial charge in [-0.15, -0.1) is 11.3 Å². The van der Waals surface area contributed by atoms with E-state index in [4.69, 9.17) is 5.73 Å². The van der Waals surface area contributed by atoms with Crippen LogP contribution in [-0.2, 0) is 9.84 Å². The molecule has 2 atom stereocenters. The van der Waals surface area contributed by atoms with Gasteiger partial charge in [0.1, 0.15) is 4.21 Å². The van der Waals surface area contributed by atoms with E-state index in [0.717, 1.165) is 19.3 Å². The maximum absolute atomic E-state index is 12.1. The summed E-state index contributed by atoms with van der Waals surface area (Å²) in [7, 11) is -3.11. The minimum atomic E-state index is -3.11. The Morgan fingerprint density at radius 1 is 1.40 bits per heavy atom. The van der Waals surface area contributed by atoms with Crippen LogP contribution in [0.25, 0.3) is 0 Å². The van der Waals surface area contributed by atoms with Crippen LogP contribution in [-0.4, -0.2) is 19.7 Å². The van der Waals surface area contributed by atoms with Crippen molar-refractivity contribution in [2.75, 3.05) is 0 Å². The minimum Gasteiger partial charge on any atom is -0.328 e. The van der Waals surface area contributed by atoms with E-state index < -0.39 is 9.84 Å². The first-order chi connectivity index (χ1) is 7.10. The van der Waals surface area contributed by atoms with Crippen molar-refractivity contribution in [2.24, 2.45) is 5.73 Å². The van der Waals surface area contributed by atoms with Crippen molar-refractivity contribution in [3.05, 3.63) is 17.5 Å². The van der Waals surface area contributed by atoms with Crippen molar-refractivity contribution in [1.29, 1.82) is 0 Å². The van der Waals surface area contributed by atoms with E-state index in [9.17, 15) is 8.42 Å². The molecule has 1 saturated carbocycles. The van der Waals surface area contributed by atoms with Crippen molar-refractivity contribution in [2.45, 2.75) is 41.2 Å². The standard InChI is InChI=1S/C10H15NO2S2/c11-8-3-1-4-9(7-8)15(12,13)10-5-2-6-14-10/h2,5-6,8-9H,1,3-4,7,11H2. The highest BCUT2D eigenvalue weighted by Gasteiger charge is 2.32. The van der Waals surface area contributed by atoms with Gasteiger partial charge in [-0.05, 0) is 30.7 Å². The quantitative estimate of drug-likeness (QED) is 0.864. The average molecular weight is 245 g/mol. The first-order valence-electron chi connectivity index (χ1n) is 5.13. The molecule has 1 aromatic heterocycles. The Kier molecular flexibility index (Phi) is 3.13. The van der Waals surface area contributed by atoms with E-state index in [2.05, 4.69) is 0 Å². The van der Waals surface area contributed by atoms with Crippen molar-refractivity contribution in [3.8, 4) is 0 Å². The monoisotopic (exact) mass is 245 g/mol. The Balaban J connectivity index is 2.22. The fourth-order valence-electron chi connectivity index (χ4n) is 2.05. The van der Waals surface area contributed by atoms with Gasteiger partial charge in [0, 0.05) is 6.04 Å². The first kappa shape index (κ1) is 11.1. The summed E-state index contributed by atoms with van der Waals surface area (Å²) in [5, 5.41) is 1.54. The van der Waals surface area contributed by atoms with Gasteiger partial charge in [0.2, 0.25) is 0 Å². The maximum atomic E-state index is 12.1. The van der Waals surface area contributed by atoms with Crippen LogP contribution in [0.5, 0.6) is 0 Å². The molecule has 1 aromatic rings. The lowest BCUT2D eigenvalue weighted by atomic mass is 9.96. The van der Waals surface area contributed by atoms with Gasteiger partial charge in [-0.2, -0.15) is 0 Å². The summed E-state index contributed by atoms with van der Waals surface area (Å²) >= 11 is 1.30. The molecular weight excluding hydrogens is 230 g/mol. The summed E-state index contributed by atoms with van der Waals surface area (Å²) in [6.07, 6.45) is 3.25. The molecule has 1 heterocycles. The van der Waals surface area contributed by atoms with Crippen LogP contribution in [0.2, 0.25) is 0 Å². The molecule has 1 fully saturated rings. The fourth-order valence-corrected chi connectivity index (χ4v) is 5.19. The largest absolute Gasteiger partial charge is 0.328 e. The van der Waals surface area contributed by atoms with Crippen molar-refractivity contribution in [1.82, 2.24) is 0 Å². The molecule has 15 heavy (non-hydrogen) atoms. The van der Waals surface area contributed by atoms with Gasteiger partial charge < -0.3 is 5.73 Å². The van der Waals surface area contributed by atoms with Crippen LogP contribution in [0.15, 0.2) is 21.7 Å². The van der Waals surface area contributed by atoms with Crippen molar-refractivity contribution < 1.29 is 8.42 Å². The number of hydrogen-bond donors (Lipinski definition) is 1. The van der Waals surface area contributed by atoms with Crippen molar-refractivity contribution >= 4 is 21.2 Å². The summed E-state index contributed by atoms with van der Waals surface area (Å²) in [5.74, 6) is 0. The molecule has 2 rings (SSSR count). The molecule has 1 aliphatic rings. The molecule has 0 aliphatic heterocycles. The Bertz CT molecular complexity index is 411. The molecule has 2 unspecified atom stereocenters. The van der Waals surface area contributed by atoms with Crippen LogP contribution < -0.4 is 5.73 Å².